The van der Waals surface area contributed by atoms with E-state index in [0.717, 1.165) is 13.0 Å². The first kappa shape index (κ1) is 15.8. The second-order valence-corrected chi connectivity index (χ2v) is 6.34. The van der Waals surface area contributed by atoms with Crippen LogP contribution in [-0.4, -0.2) is 11.4 Å². The van der Waals surface area contributed by atoms with Crippen LogP contribution in [-0.2, 0) is 0 Å². The number of nitrogens with zero attached hydrogens (tertiary/aromatic N) is 2. The molecule has 3 rings (SSSR count). The maximum Gasteiger partial charge on any atom is 0.0678 e. The van der Waals surface area contributed by atoms with Gasteiger partial charge in [-0.25, -0.2) is 0 Å². The van der Waals surface area contributed by atoms with Gasteiger partial charge in [-0.15, -0.1) is 0 Å². The van der Waals surface area contributed by atoms with Crippen LogP contribution in [0.5, 0.6) is 0 Å². The van der Waals surface area contributed by atoms with Gasteiger partial charge in [0.05, 0.1) is 18.0 Å². The molecule has 118 valence electrons. The van der Waals surface area contributed by atoms with Crippen LogP contribution >= 0.6 is 0 Å². The zero-order chi connectivity index (χ0) is 16.1. The summed E-state index contributed by atoms with van der Waals surface area (Å²) in [6, 6.07) is 24.3. The van der Waals surface area contributed by atoms with Crippen LogP contribution < -0.4 is 0 Å². The molecule has 0 aromatic heterocycles. The maximum absolute atomic E-state index is 9.73. The van der Waals surface area contributed by atoms with Crippen LogP contribution in [0.15, 0.2) is 60.7 Å². The maximum atomic E-state index is 9.73. The normalized spacial score (nSPS) is 24.4. The fraction of sp³-hybridized carbons (Fsp3) is 0.381. The van der Waals surface area contributed by atoms with Gasteiger partial charge in [0.15, 0.2) is 0 Å². The van der Waals surface area contributed by atoms with Crippen molar-refractivity contribution >= 4 is 0 Å². The topological polar surface area (TPSA) is 27.0 Å². The van der Waals surface area contributed by atoms with Crippen molar-refractivity contribution in [3.63, 3.8) is 0 Å². The first-order chi connectivity index (χ1) is 11.3. The van der Waals surface area contributed by atoms with Crippen LogP contribution in [0.1, 0.15) is 49.4 Å². The average molecular weight is 304 g/mol. The van der Waals surface area contributed by atoms with Gasteiger partial charge < -0.3 is 0 Å². The molecule has 1 heterocycles. The number of nitriles is 1. The van der Waals surface area contributed by atoms with E-state index in [1.165, 1.54) is 24.0 Å². The lowest BCUT2D eigenvalue weighted by Gasteiger charge is -2.31. The predicted molar refractivity (Wildman–Crippen MR) is 93.7 cm³/mol. The molecule has 2 heteroatoms. The molecule has 0 unspecified atom stereocenters. The predicted octanol–water partition coefficient (Wildman–Crippen LogP) is 5.11. The minimum atomic E-state index is 0.0551. The van der Waals surface area contributed by atoms with Crippen molar-refractivity contribution in [2.45, 2.75) is 38.3 Å². The summed E-state index contributed by atoms with van der Waals surface area (Å²) in [5.41, 5.74) is 2.61. The number of benzene rings is 2. The molecule has 0 radical (unpaired) electrons. The van der Waals surface area contributed by atoms with Gasteiger partial charge >= 0.3 is 0 Å². The van der Waals surface area contributed by atoms with Crippen molar-refractivity contribution in [1.82, 2.24) is 4.90 Å². The summed E-state index contributed by atoms with van der Waals surface area (Å²) >= 11 is 0. The molecule has 1 aliphatic heterocycles. The highest BCUT2D eigenvalue weighted by Crippen LogP contribution is 2.47. The minimum absolute atomic E-state index is 0.0551. The molecule has 2 aromatic carbocycles. The quantitative estimate of drug-likeness (QED) is 0.767. The number of hydrogen-bond donors (Lipinski definition) is 0. The molecule has 0 spiro atoms. The van der Waals surface area contributed by atoms with E-state index < -0.39 is 0 Å². The van der Waals surface area contributed by atoms with E-state index in [9.17, 15) is 5.26 Å². The summed E-state index contributed by atoms with van der Waals surface area (Å²) in [5.74, 6) is 0.0551. The lowest BCUT2D eigenvalue weighted by Crippen LogP contribution is -2.28. The van der Waals surface area contributed by atoms with E-state index in [-0.39, 0.29) is 12.0 Å². The first-order valence-electron chi connectivity index (χ1n) is 8.60. The zero-order valence-corrected chi connectivity index (χ0v) is 13.7. The van der Waals surface area contributed by atoms with Gasteiger partial charge in [-0.1, -0.05) is 74.0 Å². The van der Waals surface area contributed by atoms with Crippen molar-refractivity contribution in [1.29, 1.82) is 5.26 Å². The molecule has 1 aliphatic rings. The summed E-state index contributed by atoms with van der Waals surface area (Å²) in [4.78, 5) is 2.56. The van der Waals surface area contributed by atoms with Crippen LogP contribution in [0.4, 0.5) is 0 Å². The van der Waals surface area contributed by atoms with Crippen molar-refractivity contribution in [3.8, 4) is 6.07 Å². The van der Waals surface area contributed by atoms with Crippen molar-refractivity contribution in [3.05, 3.63) is 71.8 Å². The highest BCUT2D eigenvalue weighted by molar-refractivity contribution is 5.28. The van der Waals surface area contributed by atoms with Gasteiger partial charge in [0.2, 0.25) is 0 Å². The summed E-state index contributed by atoms with van der Waals surface area (Å²) in [6.07, 6.45) is 3.27. The lowest BCUT2D eigenvalue weighted by atomic mass is 9.93. The summed E-state index contributed by atoms with van der Waals surface area (Å²) in [5, 5.41) is 9.73. The van der Waals surface area contributed by atoms with Crippen LogP contribution in [0.2, 0.25) is 0 Å². The highest BCUT2D eigenvalue weighted by Gasteiger charge is 2.42. The minimum Gasteiger partial charge on any atom is -0.288 e. The third-order valence-electron chi connectivity index (χ3n) is 4.88. The van der Waals surface area contributed by atoms with E-state index in [0.29, 0.717) is 6.04 Å². The molecule has 23 heavy (non-hydrogen) atoms. The fourth-order valence-electron chi connectivity index (χ4n) is 3.77. The van der Waals surface area contributed by atoms with Crippen LogP contribution in [0, 0.1) is 17.2 Å². The molecular formula is C21H24N2. The monoisotopic (exact) mass is 304 g/mol. The van der Waals surface area contributed by atoms with Crippen molar-refractivity contribution < 1.29 is 0 Å². The number of likely N-dealkylation sites (tertiary alicyclic amines) is 1. The summed E-state index contributed by atoms with van der Waals surface area (Å²) in [7, 11) is 0. The van der Waals surface area contributed by atoms with Gasteiger partial charge in [-0.3, -0.25) is 4.90 Å². The average Bonchev–Trinajstić information content (AvgIpc) is 3.00. The molecule has 2 aromatic rings. The van der Waals surface area contributed by atoms with Gasteiger partial charge in [-0.05, 0) is 30.5 Å². The van der Waals surface area contributed by atoms with Gasteiger partial charge in [0.25, 0.3) is 0 Å². The molecule has 3 atom stereocenters. The Kier molecular flexibility index (Phi) is 5.10. The molecule has 0 saturated carbocycles. The van der Waals surface area contributed by atoms with E-state index in [1.807, 2.05) is 6.07 Å². The molecule has 0 amide bonds. The van der Waals surface area contributed by atoms with Crippen LogP contribution in [0.3, 0.4) is 0 Å². The Morgan fingerprint density at radius 1 is 1.00 bits per heavy atom. The van der Waals surface area contributed by atoms with Crippen LogP contribution in [0.25, 0.3) is 0 Å². The Morgan fingerprint density at radius 3 is 2.17 bits per heavy atom. The summed E-state index contributed by atoms with van der Waals surface area (Å²) < 4.78 is 0. The zero-order valence-electron chi connectivity index (χ0n) is 13.7. The second kappa shape index (κ2) is 7.44. The van der Waals surface area contributed by atoms with Gasteiger partial charge in [-0.2, -0.15) is 5.26 Å². The van der Waals surface area contributed by atoms with Crippen molar-refractivity contribution in [2.75, 3.05) is 6.54 Å². The molecule has 0 aliphatic carbocycles. The molecule has 2 nitrogen and oxygen atoms in total. The number of hydrogen-bond acceptors (Lipinski definition) is 2. The third kappa shape index (κ3) is 3.30. The number of rotatable bonds is 5. The standard InChI is InChI=1S/C21H24N2/c1-2-3-14-23-20(17-10-6-4-7-11-17)15-19(16-22)21(23)18-12-8-5-9-13-18/h4-13,19-21H,2-3,14-15H2,1H3/t19-,20-,21+/m0/s1. The molecule has 0 bridgehead atoms. The first-order valence-corrected chi connectivity index (χ1v) is 8.60. The Bertz CT molecular complexity index is 645. The summed E-state index contributed by atoms with van der Waals surface area (Å²) in [6.45, 7) is 3.28. The Hall–Kier alpha value is -2.11. The largest absolute Gasteiger partial charge is 0.288 e. The SMILES string of the molecule is CCCCN1[C@H](c2ccccc2)[C@H](C#N)C[C@H]1c1ccccc1. The molecule has 0 N–H and O–H groups in total. The van der Waals surface area contributed by atoms with E-state index in [1.54, 1.807) is 0 Å². The molecular weight excluding hydrogens is 280 g/mol. The fourth-order valence-corrected chi connectivity index (χ4v) is 3.77. The van der Waals surface area contributed by atoms with Crippen molar-refractivity contribution in [2.24, 2.45) is 5.92 Å². The molecule has 1 fully saturated rings. The smallest absolute Gasteiger partial charge is 0.0678 e. The van der Waals surface area contributed by atoms with E-state index in [4.69, 9.17) is 0 Å². The van der Waals surface area contributed by atoms with Gasteiger partial charge in [0, 0.05) is 6.04 Å². The third-order valence-corrected chi connectivity index (χ3v) is 4.88. The van der Waals surface area contributed by atoms with Gasteiger partial charge in [0.1, 0.15) is 0 Å². The molecule has 1 saturated heterocycles. The van der Waals surface area contributed by atoms with E-state index in [2.05, 4.69) is 72.5 Å². The highest BCUT2D eigenvalue weighted by atomic mass is 15.2. The Morgan fingerprint density at radius 2 is 1.61 bits per heavy atom. The Balaban J connectivity index is 1.97. The number of unbranched alkanes of at least 4 members (excludes halogenated alkanes) is 1. The Labute approximate surface area is 139 Å². The van der Waals surface area contributed by atoms with E-state index >= 15 is 0 Å². The second-order valence-electron chi connectivity index (χ2n) is 6.34. The lowest BCUT2D eigenvalue weighted by molar-refractivity contribution is 0.185.